The second-order valence-electron chi connectivity index (χ2n) is 2.77. The summed E-state index contributed by atoms with van der Waals surface area (Å²) in [7, 11) is 0. The van der Waals surface area contributed by atoms with Crippen molar-refractivity contribution >= 4 is 0 Å². The summed E-state index contributed by atoms with van der Waals surface area (Å²) in [5, 5.41) is 0. The van der Waals surface area contributed by atoms with Gasteiger partial charge in [0.05, 0.1) is 13.2 Å². The normalized spacial score (nSPS) is 12.8. The summed E-state index contributed by atoms with van der Waals surface area (Å²) in [6.45, 7) is -1.26. The molecule has 0 fully saturated rings. The van der Waals surface area contributed by atoms with Crippen LogP contribution in [0.3, 0.4) is 0 Å². The van der Waals surface area contributed by atoms with Gasteiger partial charge in [-0.05, 0) is 0 Å². The predicted molar refractivity (Wildman–Crippen MR) is 43.5 cm³/mol. The fourth-order valence-electron chi connectivity index (χ4n) is 0.963. The first-order valence-corrected chi connectivity index (χ1v) is 4.26. The van der Waals surface area contributed by atoms with Crippen molar-refractivity contribution in [2.24, 2.45) is 5.73 Å². The Kier molecular flexibility index (Phi) is 6.70. The van der Waals surface area contributed by atoms with E-state index in [0.29, 0.717) is 0 Å². The zero-order chi connectivity index (χ0) is 11.9. The van der Waals surface area contributed by atoms with Crippen molar-refractivity contribution in [3.05, 3.63) is 0 Å². The Morgan fingerprint density at radius 2 is 1.80 bits per heavy atom. The summed E-state index contributed by atoms with van der Waals surface area (Å²) in [4.78, 5) is 1.12. The molecular formula is C7H13F5N2O. The van der Waals surface area contributed by atoms with E-state index in [1.54, 1.807) is 0 Å². The van der Waals surface area contributed by atoms with Gasteiger partial charge in [-0.15, -0.1) is 13.2 Å². The molecule has 0 rings (SSSR count). The van der Waals surface area contributed by atoms with E-state index < -0.39 is 25.9 Å². The Morgan fingerprint density at radius 1 is 1.20 bits per heavy atom. The minimum absolute atomic E-state index is 0.110. The van der Waals surface area contributed by atoms with Gasteiger partial charge < -0.3 is 5.73 Å². The Balaban J connectivity index is 3.75. The van der Waals surface area contributed by atoms with Crippen LogP contribution in [0, 0.1) is 0 Å². The lowest BCUT2D eigenvalue weighted by Gasteiger charge is -2.21. The van der Waals surface area contributed by atoms with Gasteiger partial charge in [0, 0.05) is 19.6 Å². The highest BCUT2D eigenvalue weighted by Gasteiger charge is 2.29. The lowest BCUT2D eigenvalue weighted by atomic mass is 10.4. The summed E-state index contributed by atoms with van der Waals surface area (Å²) in [6.07, 6.45) is -7.32. The molecular weight excluding hydrogens is 223 g/mol. The molecule has 0 aromatic rings. The SMILES string of the molecule is NCCN(CCOC(F)(F)F)CC(F)F. The molecule has 0 aromatic heterocycles. The van der Waals surface area contributed by atoms with E-state index in [1.807, 2.05) is 0 Å². The monoisotopic (exact) mass is 236 g/mol. The molecule has 3 nitrogen and oxygen atoms in total. The van der Waals surface area contributed by atoms with Gasteiger partial charge in [-0.3, -0.25) is 9.64 Å². The van der Waals surface area contributed by atoms with Crippen molar-refractivity contribution in [3.8, 4) is 0 Å². The maximum atomic E-state index is 11.9. The van der Waals surface area contributed by atoms with Crippen molar-refractivity contribution in [1.82, 2.24) is 4.90 Å². The first-order chi connectivity index (χ1) is 6.85. The molecule has 0 atom stereocenters. The lowest BCUT2D eigenvalue weighted by Crippen LogP contribution is -2.37. The second kappa shape index (κ2) is 6.91. The third kappa shape index (κ3) is 9.83. The van der Waals surface area contributed by atoms with Crippen LogP contribution >= 0.6 is 0 Å². The number of hydrogen-bond acceptors (Lipinski definition) is 3. The fourth-order valence-corrected chi connectivity index (χ4v) is 0.963. The third-order valence-corrected chi connectivity index (χ3v) is 1.51. The van der Waals surface area contributed by atoms with E-state index >= 15 is 0 Å². The van der Waals surface area contributed by atoms with Crippen LogP contribution in [0.15, 0.2) is 0 Å². The summed E-state index contributed by atoms with van der Waals surface area (Å²) in [5.74, 6) is 0. The van der Waals surface area contributed by atoms with Gasteiger partial charge in [0.15, 0.2) is 0 Å². The smallest absolute Gasteiger partial charge is 0.329 e. The highest BCUT2D eigenvalue weighted by molar-refractivity contribution is 4.59. The minimum atomic E-state index is -4.72. The van der Waals surface area contributed by atoms with Crippen LogP contribution in [0.5, 0.6) is 0 Å². The maximum absolute atomic E-state index is 11.9. The first kappa shape index (κ1) is 14.5. The molecule has 0 amide bonds. The van der Waals surface area contributed by atoms with Crippen molar-refractivity contribution in [2.45, 2.75) is 12.8 Å². The van der Waals surface area contributed by atoms with Gasteiger partial charge in [0.2, 0.25) is 0 Å². The fraction of sp³-hybridized carbons (Fsp3) is 1.00. The molecule has 0 radical (unpaired) electrons. The molecule has 0 aliphatic rings. The summed E-state index contributed by atoms with van der Waals surface area (Å²) in [5.41, 5.74) is 5.11. The summed E-state index contributed by atoms with van der Waals surface area (Å²) < 4.78 is 61.9. The maximum Gasteiger partial charge on any atom is 0.522 e. The van der Waals surface area contributed by atoms with Gasteiger partial charge in [0.1, 0.15) is 0 Å². The Hall–Kier alpha value is -0.470. The number of hydrogen-bond donors (Lipinski definition) is 1. The molecule has 2 N–H and O–H groups in total. The molecule has 8 heteroatoms. The molecule has 0 saturated carbocycles. The molecule has 0 aliphatic heterocycles. The first-order valence-electron chi connectivity index (χ1n) is 4.26. The standard InChI is InChI=1S/C7H13F5N2O/c8-6(9)5-14(2-1-13)3-4-15-7(10,11)12/h6H,1-5,13H2. The molecule has 0 spiro atoms. The number of nitrogens with two attached hydrogens (primary N) is 1. The third-order valence-electron chi connectivity index (χ3n) is 1.51. The van der Waals surface area contributed by atoms with E-state index in [2.05, 4.69) is 4.74 Å². The predicted octanol–water partition coefficient (Wildman–Crippen LogP) is 1.05. The average molecular weight is 236 g/mol. The number of alkyl halides is 5. The highest BCUT2D eigenvalue weighted by atomic mass is 19.4. The Labute approximate surface area is 84.0 Å². The average Bonchev–Trinajstić information content (AvgIpc) is 2.00. The quantitative estimate of drug-likeness (QED) is 0.671. The number of ether oxygens (including phenoxy) is 1. The summed E-state index contributed by atoms with van der Waals surface area (Å²) >= 11 is 0. The van der Waals surface area contributed by atoms with E-state index in [9.17, 15) is 22.0 Å². The van der Waals surface area contributed by atoms with E-state index in [0.717, 1.165) is 4.90 Å². The van der Waals surface area contributed by atoms with Gasteiger partial charge in [-0.25, -0.2) is 8.78 Å². The van der Waals surface area contributed by atoms with Crippen molar-refractivity contribution in [1.29, 1.82) is 0 Å². The second-order valence-corrected chi connectivity index (χ2v) is 2.77. The van der Waals surface area contributed by atoms with Gasteiger partial charge in [-0.2, -0.15) is 0 Å². The van der Waals surface area contributed by atoms with E-state index in [4.69, 9.17) is 5.73 Å². The van der Waals surface area contributed by atoms with E-state index in [-0.39, 0.29) is 19.6 Å². The van der Waals surface area contributed by atoms with Crippen molar-refractivity contribution < 1.29 is 26.7 Å². The molecule has 0 unspecified atom stereocenters. The molecule has 15 heavy (non-hydrogen) atoms. The van der Waals surface area contributed by atoms with Gasteiger partial charge in [0.25, 0.3) is 6.43 Å². The van der Waals surface area contributed by atoms with Gasteiger partial charge in [-0.1, -0.05) is 0 Å². The Bertz CT molecular complexity index is 164. The topological polar surface area (TPSA) is 38.5 Å². The molecule has 0 bridgehead atoms. The van der Waals surface area contributed by atoms with Crippen LogP contribution in [0.25, 0.3) is 0 Å². The van der Waals surface area contributed by atoms with Crippen LogP contribution in [0.4, 0.5) is 22.0 Å². The molecule has 0 heterocycles. The summed E-state index contributed by atoms with van der Waals surface area (Å²) in [6, 6.07) is 0. The van der Waals surface area contributed by atoms with Crippen LogP contribution in [0.1, 0.15) is 0 Å². The highest BCUT2D eigenvalue weighted by Crippen LogP contribution is 2.15. The minimum Gasteiger partial charge on any atom is -0.329 e. The van der Waals surface area contributed by atoms with E-state index in [1.165, 1.54) is 0 Å². The molecule has 0 aliphatic carbocycles. The van der Waals surface area contributed by atoms with Crippen LogP contribution in [-0.2, 0) is 4.74 Å². The lowest BCUT2D eigenvalue weighted by molar-refractivity contribution is -0.325. The zero-order valence-corrected chi connectivity index (χ0v) is 7.94. The van der Waals surface area contributed by atoms with Crippen LogP contribution in [0.2, 0.25) is 0 Å². The zero-order valence-electron chi connectivity index (χ0n) is 7.94. The molecule has 92 valence electrons. The van der Waals surface area contributed by atoms with Crippen molar-refractivity contribution in [2.75, 3.05) is 32.8 Å². The Morgan fingerprint density at radius 3 is 2.20 bits per heavy atom. The van der Waals surface area contributed by atoms with Crippen LogP contribution < -0.4 is 5.73 Å². The number of halogens is 5. The van der Waals surface area contributed by atoms with Crippen molar-refractivity contribution in [3.63, 3.8) is 0 Å². The molecule has 0 aromatic carbocycles. The van der Waals surface area contributed by atoms with Crippen LogP contribution in [-0.4, -0.2) is 50.5 Å². The van der Waals surface area contributed by atoms with Gasteiger partial charge >= 0.3 is 6.36 Å². The molecule has 0 saturated heterocycles. The number of rotatable bonds is 7. The largest absolute Gasteiger partial charge is 0.522 e. The number of nitrogens with zero attached hydrogens (tertiary/aromatic N) is 1.